The molecule has 0 aromatic heterocycles. The van der Waals surface area contributed by atoms with Crippen LogP contribution < -0.4 is 5.32 Å². The molecule has 1 nitrogen and oxygen atoms in total. The monoisotopic (exact) mass is 235 g/mol. The van der Waals surface area contributed by atoms with E-state index in [4.69, 9.17) is 0 Å². The summed E-state index contributed by atoms with van der Waals surface area (Å²) in [5.74, 6) is 0. The predicted molar refractivity (Wildman–Crippen MR) is 74.6 cm³/mol. The minimum Gasteiger partial charge on any atom is -0.380 e. The first-order chi connectivity index (χ1) is 7.04. The number of hydrogen-bond donors (Lipinski definition) is 1. The highest BCUT2D eigenvalue weighted by molar-refractivity contribution is 5.86. The molecule has 0 saturated heterocycles. The number of nitrogens with one attached hydrogen (secondary N) is 1. The van der Waals surface area contributed by atoms with Gasteiger partial charge in [0.15, 0.2) is 0 Å². The summed E-state index contributed by atoms with van der Waals surface area (Å²) in [5.41, 5.74) is 1.30. The molecule has 0 aliphatic rings. The molecule has 0 spiro atoms. The minimum absolute atomic E-state index is 0. The smallest absolute Gasteiger partial charge is 0.0350 e. The lowest BCUT2D eigenvalue weighted by molar-refractivity contribution is 0.634. The number of halogens is 1. The van der Waals surface area contributed by atoms with Crippen molar-refractivity contribution in [2.24, 2.45) is 0 Å². The highest BCUT2D eigenvalue weighted by Gasteiger charge is 2.08. The van der Waals surface area contributed by atoms with Crippen molar-refractivity contribution < 1.29 is 0 Å². The lowest BCUT2D eigenvalue weighted by atomic mass is 10.1. The Labute approximate surface area is 103 Å². The summed E-state index contributed by atoms with van der Waals surface area (Å²) >= 11 is 0. The van der Waals surface area contributed by atoms with Gasteiger partial charge in [-0.2, -0.15) is 0 Å². The molecule has 86 valence electrons. The van der Waals surface area contributed by atoms with Gasteiger partial charge < -0.3 is 5.32 Å². The number of rotatable bonds is 1. The van der Waals surface area contributed by atoms with Crippen LogP contribution in [0.2, 0.25) is 0 Å². The third kappa shape index (κ3) is 3.14. The van der Waals surface area contributed by atoms with Gasteiger partial charge in [0.2, 0.25) is 0 Å². The Morgan fingerprint density at radius 1 is 0.875 bits per heavy atom. The zero-order valence-electron chi connectivity index (χ0n) is 9.95. The largest absolute Gasteiger partial charge is 0.380 e. The standard InChI is InChI=1S/C14H17N.ClH/c1-14(2,3)15-13-9-8-11-6-4-5-7-12(11)10-13;/h4-10,15H,1-3H3;1H. The maximum absolute atomic E-state index is 3.47. The van der Waals surface area contributed by atoms with Crippen LogP contribution in [0.25, 0.3) is 10.8 Å². The number of benzene rings is 2. The molecule has 0 aliphatic heterocycles. The van der Waals surface area contributed by atoms with Crippen molar-refractivity contribution >= 4 is 28.9 Å². The van der Waals surface area contributed by atoms with E-state index in [-0.39, 0.29) is 17.9 Å². The summed E-state index contributed by atoms with van der Waals surface area (Å²) in [4.78, 5) is 0. The number of hydrogen-bond acceptors (Lipinski definition) is 1. The van der Waals surface area contributed by atoms with E-state index in [0.717, 1.165) is 0 Å². The predicted octanol–water partition coefficient (Wildman–Crippen LogP) is 4.47. The van der Waals surface area contributed by atoms with E-state index in [1.807, 2.05) is 0 Å². The van der Waals surface area contributed by atoms with Gasteiger partial charge in [-0.25, -0.2) is 0 Å². The molecule has 16 heavy (non-hydrogen) atoms. The van der Waals surface area contributed by atoms with Crippen LogP contribution in [0.4, 0.5) is 5.69 Å². The Bertz CT molecular complexity index is 471. The van der Waals surface area contributed by atoms with Crippen LogP contribution in [-0.2, 0) is 0 Å². The van der Waals surface area contributed by atoms with Gasteiger partial charge in [-0.15, -0.1) is 12.4 Å². The molecule has 0 amide bonds. The van der Waals surface area contributed by atoms with E-state index >= 15 is 0 Å². The highest BCUT2D eigenvalue weighted by Crippen LogP contribution is 2.21. The fraction of sp³-hybridized carbons (Fsp3) is 0.286. The number of anilines is 1. The minimum atomic E-state index is 0. The molecular formula is C14H18ClN. The molecule has 0 radical (unpaired) electrons. The second kappa shape index (κ2) is 4.75. The fourth-order valence-electron chi connectivity index (χ4n) is 1.70. The van der Waals surface area contributed by atoms with Gasteiger partial charge in [-0.05, 0) is 43.7 Å². The molecule has 0 unspecified atom stereocenters. The topological polar surface area (TPSA) is 12.0 Å². The van der Waals surface area contributed by atoms with Crippen LogP contribution >= 0.6 is 12.4 Å². The van der Waals surface area contributed by atoms with Crippen LogP contribution in [0.3, 0.4) is 0 Å². The fourth-order valence-corrected chi connectivity index (χ4v) is 1.70. The zero-order chi connectivity index (χ0) is 10.9. The average molecular weight is 236 g/mol. The van der Waals surface area contributed by atoms with Crippen molar-refractivity contribution in [3.63, 3.8) is 0 Å². The van der Waals surface area contributed by atoms with Crippen molar-refractivity contribution in [2.75, 3.05) is 5.32 Å². The molecule has 0 bridgehead atoms. The summed E-state index contributed by atoms with van der Waals surface area (Å²) < 4.78 is 0. The maximum atomic E-state index is 3.47. The van der Waals surface area contributed by atoms with Gasteiger partial charge in [-0.3, -0.25) is 0 Å². The molecule has 2 aromatic rings. The van der Waals surface area contributed by atoms with Crippen LogP contribution in [0, 0.1) is 0 Å². The first kappa shape index (κ1) is 12.9. The Morgan fingerprint density at radius 2 is 1.50 bits per heavy atom. The normalized spacial score (nSPS) is 10.9. The lowest BCUT2D eigenvalue weighted by Gasteiger charge is -2.22. The van der Waals surface area contributed by atoms with Crippen LogP contribution in [-0.4, -0.2) is 5.54 Å². The van der Waals surface area contributed by atoms with Crippen molar-refractivity contribution in [2.45, 2.75) is 26.3 Å². The Balaban J connectivity index is 0.00000128. The Morgan fingerprint density at radius 3 is 2.12 bits per heavy atom. The van der Waals surface area contributed by atoms with E-state index in [0.29, 0.717) is 0 Å². The average Bonchev–Trinajstić information content (AvgIpc) is 2.15. The van der Waals surface area contributed by atoms with Crippen LogP contribution in [0.5, 0.6) is 0 Å². The van der Waals surface area contributed by atoms with Crippen molar-refractivity contribution in [1.29, 1.82) is 0 Å². The molecule has 0 atom stereocenters. The molecule has 0 fully saturated rings. The molecule has 0 aliphatic carbocycles. The zero-order valence-corrected chi connectivity index (χ0v) is 10.8. The maximum Gasteiger partial charge on any atom is 0.0350 e. The lowest BCUT2D eigenvalue weighted by Crippen LogP contribution is -2.25. The number of fused-ring (bicyclic) bond motifs is 1. The summed E-state index contributed by atoms with van der Waals surface area (Å²) in [5, 5.41) is 6.05. The second-order valence-corrected chi connectivity index (χ2v) is 4.94. The third-order valence-electron chi connectivity index (χ3n) is 2.27. The molecule has 0 heterocycles. The van der Waals surface area contributed by atoms with Crippen molar-refractivity contribution in [3.8, 4) is 0 Å². The summed E-state index contributed by atoms with van der Waals surface area (Å²) in [6, 6.07) is 14.9. The summed E-state index contributed by atoms with van der Waals surface area (Å²) in [6.45, 7) is 6.51. The Hall–Kier alpha value is -1.21. The molecule has 2 aromatic carbocycles. The SMILES string of the molecule is CC(C)(C)Nc1ccc2ccccc2c1.Cl. The van der Waals surface area contributed by atoms with Gasteiger partial charge in [0, 0.05) is 11.2 Å². The van der Waals surface area contributed by atoms with Crippen molar-refractivity contribution in [1.82, 2.24) is 0 Å². The van der Waals surface area contributed by atoms with E-state index in [2.05, 4.69) is 68.6 Å². The highest BCUT2D eigenvalue weighted by atomic mass is 35.5. The van der Waals surface area contributed by atoms with E-state index < -0.39 is 0 Å². The van der Waals surface area contributed by atoms with Gasteiger partial charge in [-0.1, -0.05) is 30.3 Å². The van der Waals surface area contributed by atoms with Gasteiger partial charge >= 0.3 is 0 Å². The molecular weight excluding hydrogens is 218 g/mol. The van der Waals surface area contributed by atoms with Gasteiger partial charge in [0.1, 0.15) is 0 Å². The van der Waals surface area contributed by atoms with E-state index in [9.17, 15) is 0 Å². The van der Waals surface area contributed by atoms with Gasteiger partial charge in [0.25, 0.3) is 0 Å². The summed E-state index contributed by atoms with van der Waals surface area (Å²) in [6.07, 6.45) is 0. The van der Waals surface area contributed by atoms with Crippen LogP contribution in [0.1, 0.15) is 20.8 Å². The summed E-state index contributed by atoms with van der Waals surface area (Å²) in [7, 11) is 0. The molecule has 2 heteroatoms. The van der Waals surface area contributed by atoms with Crippen LogP contribution in [0.15, 0.2) is 42.5 Å². The van der Waals surface area contributed by atoms with E-state index in [1.54, 1.807) is 0 Å². The van der Waals surface area contributed by atoms with E-state index in [1.165, 1.54) is 16.5 Å². The van der Waals surface area contributed by atoms with Gasteiger partial charge in [0.05, 0.1) is 0 Å². The quantitative estimate of drug-likeness (QED) is 0.769. The third-order valence-corrected chi connectivity index (χ3v) is 2.27. The Kier molecular flexibility index (Phi) is 3.82. The molecule has 0 saturated carbocycles. The first-order valence-corrected chi connectivity index (χ1v) is 5.32. The first-order valence-electron chi connectivity index (χ1n) is 5.32. The molecule has 1 N–H and O–H groups in total. The second-order valence-electron chi connectivity index (χ2n) is 4.94. The molecule has 2 rings (SSSR count). The van der Waals surface area contributed by atoms with Crippen molar-refractivity contribution in [3.05, 3.63) is 42.5 Å².